The Morgan fingerprint density at radius 3 is 2.69 bits per heavy atom. The van der Waals surface area contributed by atoms with Gasteiger partial charge in [0.25, 0.3) is 0 Å². The SMILES string of the molecule is CCC(CN1CCC(C)(C)CCC1=O)NC. The van der Waals surface area contributed by atoms with Crippen molar-refractivity contribution in [3.8, 4) is 0 Å². The Bertz CT molecular complexity index is 234. The van der Waals surface area contributed by atoms with Crippen molar-refractivity contribution < 1.29 is 4.79 Å². The van der Waals surface area contributed by atoms with E-state index in [-0.39, 0.29) is 0 Å². The first kappa shape index (κ1) is 13.5. The normalized spacial score (nSPS) is 23.0. The summed E-state index contributed by atoms with van der Waals surface area (Å²) in [5.74, 6) is 0.333. The van der Waals surface area contributed by atoms with Crippen LogP contribution in [0.3, 0.4) is 0 Å². The van der Waals surface area contributed by atoms with Crippen LogP contribution in [0.15, 0.2) is 0 Å². The molecule has 1 aliphatic rings. The fourth-order valence-corrected chi connectivity index (χ4v) is 2.17. The van der Waals surface area contributed by atoms with E-state index in [0.29, 0.717) is 23.8 Å². The highest BCUT2D eigenvalue weighted by Crippen LogP contribution is 2.30. The first-order valence-electron chi connectivity index (χ1n) is 6.43. The highest BCUT2D eigenvalue weighted by Gasteiger charge is 2.27. The van der Waals surface area contributed by atoms with E-state index in [1.165, 1.54) is 0 Å². The van der Waals surface area contributed by atoms with E-state index in [0.717, 1.165) is 32.4 Å². The van der Waals surface area contributed by atoms with Crippen LogP contribution in [-0.4, -0.2) is 37.0 Å². The summed E-state index contributed by atoms with van der Waals surface area (Å²) in [6.07, 6.45) is 3.94. The second kappa shape index (κ2) is 5.67. The monoisotopic (exact) mass is 226 g/mol. The number of amides is 1. The third-order valence-electron chi connectivity index (χ3n) is 3.77. The number of carbonyl (C=O) groups excluding carboxylic acids is 1. The molecular weight excluding hydrogens is 200 g/mol. The van der Waals surface area contributed by atoms with Gasteiger partial charge in [0.1, 0.15) is 0 Å². The molecule has 1 aliphatic heterocycles. The highest BCUT2D eigenvalue weighted by molar-refractivity contribution is 5.76. The third-order valence-corrected chi connectivity index (χ3v) is 3.77. The molecule has 1 atom stereocenters. The Morgan fingerprint density at radius 1 is 1.44 bits per heavy atom. The van der Waals surface area contributed by atoms with Gasteiger partial charge in [-0.2, -0.15) is 0 Å². The van der Waals surface area contributed by atoms with E-state index in [1.807, 2.05) is 11.9 Å². The molecule has 1 fully saturated rings. The van der Waals surface area contributed by atoms with Crippen LogP contribution in [0.25, 0.3) is 0 Å². The summed E-state index contributed by atoms with van der Waals surface area (Å²) in [5.41, 5.74) is 0.325. The number of hydrogen-bond donors (Lipinski definition) is 1. The number of nitrogens with one attached hydrogen (secondary N) is 1. The molecule has 16 heavy (non-hydrogen) atoms. The highest BCUT2D eigenvalue weighted by atomic mass is 16.2. The Kier molecular flexibility index (Phi) is 4.78. The van der Waals surface area contributed by atoms with E-state index >= 15 is 0 Å². The van der Waals surface area contributed by atoms with Gasteiger partial charge in [-0.15, -0.1) is 0 Å². The fraction of sp³-hybridized carbons (Fsp3) is 0.923. The van der Waals surface area contributed by atoms with Gasteiger partial charge in [-0.1, -0.05) is 20.8 Å². The summed E-state index contributed by atoms with van der Waals surface area (Å²) in [6, 6.07) is 0.435. The first-order valence-corrected chi connectivity index (χ1v) is 6.43. The van der Waals surface area contributed by atoms with Gasteiger partial charge < -0.3 is 10.2 Å². The van der Waals surface area contributed by atoms with Crippen LogP contribution >= 0.6 is 0 Å². The lowest BCUT2D eigenvalue weighted by molar-refractivity contribution is -0.131. The van der Waals surface area contributed by atoms with Crippen LogP contribution in [0.1, 0.15) is 46.5 Å². The molecule has 0 aliphatic carbocycles. The van der Waals surface area contributed by atoms with Crippen LogP contribution < -0.4 is 5.32 Å². The van der Waals surface area contributed by atoms with Gasteiger partial charge in [-0.05, 0) is 31.7 Å². The summed E-state index contributed by atoms with van der Waals surface area (Å²) in [7, 11) is 1.97. The van der Waals surface area contributed by atoms with Gasteiger partial charge >= 0.3 is 0 Å². The minimum atomic E-state index is 0.325. The zero-order chi connectivity index (χ0) is 12.2. The molecule has 3 heteroatoms. The van der Waals surface area contributed by atoms with Crippen molar-refractivity contribution in [2.24, 2.45) is 5.41 Å². The number of likely N-dealkylation sites (N-methyl/N-ethyl adjacent to an activating group) is 1. The van der Waals surface area contributed by atoms with Gasteiger partial charge in [0.15, 0.2) is 0 Å². The van der Waals surface area contributed by atoms with E-state index < -0.39 is 0 Å². The quantitative estimate of drug-likeness (QED) is 0.795. The Labute approximate surface area is 99.6 Å². The maximum atomic E-state index is 12.0. The largest absolute Gasteiger partial charge is 0.341 e. The molecular formula is C13H26N2O. The average molecular weight is 226 g/mol. The first-order chi connectivity index (χ1) is 7.48. The van der Waals surface area contributed by atoms with Crippen LogP contribution in [0.2, 0.25) is 0 Å². The van der Waals surface area contributed by atoms with E-state index in [2.05, 4.69) is 26.1 Å². The molecule has 0 saturated carbocycles. The Balaban J connectivity index is 2.56. The standard InChI is InChI=1S/C13H26N2O/c1-5-11(14-4)10-15-9-8-13(2,3)7-6-12(15)16/h11,14H,5-10H2,1-4H3. The number of carbonyl (C=O) groups is 1. The maximum absolute atomic E-state index is 12.0. The molecule has 0 aromatic heterocycles. The minimum absolute atomic E-state index is 0.325. The van der Waals surface area contributed by atoms with Crippen LogP contribution in [0, 0.1) is 5.41 Å². The topological polar surface area (TPSA) is 32.3 Å². The zero-order valence-corrected chi connectivity index (χ0v) is 11.2. The summed E-state index contributed by atoms with van der Waals surface area (Å²) in [6.45, 7) is 8.47. The minimum Gasteiger partial charge on any atom is -0.341 e. The van der Waals surface area contributed by atoms with Crippen molar-refractivity contribution in [2.45, 2.75) is 52.5 Å². The Morgan fingerprint density at radius 2 is 2.12 bits per heavy atom. The van der Waals surface area contributed by atoms with Crippen molar-refractivity contribution in [3.63, 3.8) is 0 Å². The average Bonchev–Trinajstić information content (AvgIpc) is 2.37. The van der Waals surface area contributed by atoms with Crippen molar-refractivity contribution in [2.75, 3.05) is 20.1 Å². The molecule has 1 amide bonds. The van der Waals surface area contributed by atoms with E-state index in [1.54, 1.807) is 0 Å². The molecule has 3 nitrogen and oxygen atoms in total. The van der Waals surface area contributed by atoms with Gasteiger partial charge in [0.2, 0.25) is 5.91 Å². The second-order valence-electron chi connectivity index (χ2n) is 5.65. The molecule has 0 radical (unpaired) electrons. The number of nitrogens with zero attached hydrogens (tertiary/aromatic N) is 1. The third kappa shape index (κ3) is 3.78. The molecule has 94 valence electrons. The number of likely N-dealkylation sites (tertiary alicyclic amines) is 1. The molecule has 1 unspecified atom stereocenters. The lowest BCUT2D eigenvalue weighted by atomic mass is 9.85. The summed E-state index contributed by atoms with van der Waals surface area (Å²) < 4.78 is 0. The lowest BCUT2D eigenvalue weighted by Gasteiger charge is -2.26. The van der Waals surface area contributed by atoms with E-state index in [9.17, 15) is 4.79 Å². The predicted molar refractivity (Wildman–Crippen MR) is 67.4 cm³/mol. The number of rotatable bonds is 4. The molecule has 0 bridgehead atoms. The molecule has 1 N–H and O–H groups in total. The Hall–Kier alpha value is -0.570. The van der Waals surface area contributed by atoms with Crippen molar-refractivity contribution >= 4 is 5.91 Å². The lowest BCUT2D eigenvalue weighted by Crippen LogP contribution is -2.42. The molecule has 0 spiro atoms. The summed E-state index contributed by atoms with van der Waals surface area (Å²) >= 11 is 0. The molecule has 0 aromatic carbocycles. The van der Waals surface area contributed by atoms with Gasteiger partial charge in [-0.3, -0.25) is 4.79 Å². The summed E-state index contributed by atoms with van der Waals surface area (Å²) in [4.78, 5) is 14.0. The maximum Gasteiger partial charge on any atom is 0.222 e. The van der Waals surface area contributed by atoms with Gasteiger partial charge in [-0.25, -0.2) is 0 Å². The van der Waals surface area contributed by atoms with Crippen LogP contribution in [-0.2, 0) is 4.79 Å². The smallest absolute Gasteiger partial charge is 0.222 e. The molecule has 1 heterocycles. The molecule has 1 saturated heterocycles. The second-order valence-corrected chi connectivity index (χ2v) is 5.65. The van der Waals surface area contributed by atoms with Crippen molar-refractivity contribution in [1.29, 1.82) is 0 Å². The molecule has 1 rings (SSSR count). The predicted octanol–water partition coefficient (Wildman–Crippen LogP) is 2.02. The number of hydrogen-bond acceptors (Lipinski definition) is 2. The van der Waals surface area contributed by atoms with Crippen LogP contribution in [0.5, 0.6) is 0 Å². The van der Waals surface area contributed by atoms with Crippen molar-refractivity contribution in [1.82, 2.24) is 10.2 Å². The molecule has 0 aromatic rings. The van der Waals surface area contributed by atoms with Crippen molar-refractivity contribution in [3.05, 3.63) is 0 Å². The van der Waals surface area contributed by atoms with Gasteiger partial charge in [0, 0.05) is 25.6 Å². The summed E-state index contributed by atoms with van der Waals surface area (Å²) in [5, 5.41) is 3.27. The zero-order valence-electron chi connectivity index (χ0n) is 11.2. The van der Waals surface area contributed by atoms with Crippen LogP contribution in [0.4, 0.5) is 0 Å². The van der Waals surface area contributed by atoms with Gasteiger partial charge in [0.05, 0.1) is 0 Å². The fourth-order valence-electron chi connectivity index (χ4n) is 2.17. The van der Waals surface area contributed by atoms with E-state index in [4.69, 9.17) is 0 Å².